The Labute approximate surface area is 174 Å². The number of nitrogens with zero attached hydrogens (tertiary/aromatic N) is 2. The summed E-state index contributed by atoms with van der Waals surface area (Å²) in [6.45, 7) is 1.56. The molecule has 0 aliphatic rings. The Morgan fingerprint density at radius 1 is 0.931 bits per heavy atom. The normalized spacial score (nSPS) is 13.4. The van der Waals surface area contributed by atoms with Gasteiger partial charge < -0.3 is 4.42 Å². The zero-order valence-electron chi connectivity index (χ0n) is 19.7. The van der Waals surface area contributed by atoms with E-state index in [0.29, 0.717) is 22.2 Å². The first-order valence-corrected chi connectivity index (χ1v) is 9.63. The monoisotopic (exact) mass is 382 g/mol. The first-order valence-electron chi connectivity index (χ1n) is 11.1. The largest absolute Gasteiger partial charge is 0.437 e. The van der Waals surface area contributed by atoms with Crippen LogP contribution in [0.2, 0.25) is 0 Å². The summed E-state index contributed by atoms with van der Waals surface area (Å²) in [6, 6.07) is 19.9. The number of hydrogen-bond donors (Lipinski definition) is 0. The number of aromatic nitrogens is 2. The molecule has 0 aliphatic heterocycles. The van der Waals surface area contributed by atoms with Crippen molar-refractivity contribution in [2.75, 3.05) is 0 Å². The van der Waals surface area contributed by atoms with Gasteiger partial charge in [-0.25, -0.2) is 9.55 Å². The van der Waals surface area contributed by atoms with Gasteiger partial charge in [0.15, 0.2) is 11.8 Å². The number of benzene rings is 2. The van der Waals surface area contributed by atoms with E-state index >= 15 is 0 Å². The molecule has 0 amide bonds. The molecule has 29 heavy (non-hydrogen) atoms. The lowest BCUT2D eigenvalue weighted by Gasteiger charge is -2.09. The van der Waals surface area contributed by atoms with E-state index in [9.17, 15) is 0 Å². The van der Waals surface area contributed by atoms with Crippen LogP contribution in [0, 0.1) is 20.7 Å². The maximum atomic E-state index is 8.11. The smallest absolute Gasteiger partial charge is 0.227 e. The average molecular weight is 383 g/mol. The molecule has 3 aromatic heterocycles. The van der Waals surface area contributed by atoms with Gasteiger partial charge in [0.1, 0.15) is 7.05 Å². The second-order valence-electron chi connectivity index (χ2n) is 7.51. The average Bonchev–Trinajstić information content (AvgIpc) is 3.11. The molecule has 0 saturated carbocycles. The highest BCUT2D eigenvalue weighted by atomic mass is 16.3. The van der Waals surface area contributed by atoms with Gasteiger partial charge in [0.2, 0.25) is 11.4 Å². The lowest BCUT2D eigenvalue weighted by molar-refractivity contribution is -0.659. The van der Waals surface area contributed by atoms with E-state index < -0.39 is 6.85 Å². The number of hydrogen-bond acceptors (Lipinski definition) is 2. The highest BCUT2D eigenvalue weighted by Gasteiger charge is 2.23. The van der Waals surface area contributed by atoms with E-state index in [0.717, 1.165) is 39.0 Å². The lowest BCUT2D eigenvalue weighted by Crippen LogP contribution is -2.31. The molecule has 5 aromatic rings. The van der Waals surface area contributed by atoms with Gasteiger partial charge in [-0.05, 0) is 55.6 Å². The standard InChI is InChI=1S/C26H23N2O/c1-16-14-17(2)24(25-23(16)21-12-10-18(3)27-26(21)29-25)22-13-11-20(15-28(22)4)19-8-6-5-7-9-19/h5-15H,1-4H3/q+1/i1D3. The fourth-order valence-corrected chi connectivity index (χ4v) is 4.04. The van der Waals surface area contributed by atoms with Crippen LogP contribution in [0.1, 0.15) is 20.9 Å². The summed E-state index contributed by atoms with van der Waals surface area (Å²) < 4.78 is 32.6. The molecule has 0 fully saturated rings. The molecule has 0 aliphatic carbocycles. The minimum Gasteiger partial charge on any atom is -0.437 e. The molecule has 0 radical (unpaired) electrons. The minimum atomic E-state index is -2.26. The van der Waals surface area contributed by atoms with E-state index in [1.165, 1.54) is 0 Å². The van der Waals surface area contributed by atoms with Gasteiger partial charge in [0, 0.05) is 32.2 Å². The van der Waals surface area contributed by atoms with Crippen LogP contribution in [0.3, 0.4) is 0 Å². The molecule has 0 unspecified atom stereocenters. The summed E-state index contributed by atoms with van der Waals surface area (Å²) in [6.07, 6.45) is 2.08. The van der Waals surface area contributed by atoms with Crippen molar-refractivity contribution in [2.45, 2.75) is 20.7 Å². The number of pyridine rings is 2. The fraction of sp³-hybridized carbons (Fsp3) is 0.154. The number of fused-ring (bicyclic) bond motifs is 3. The van der Waals surface area contributed by atoms with Crippen molar-refractivity contribution >= 4 is 22.1 Å². The molecular weight excluding hydrogens is 356 g/mol. The molecule has 5 rings (SSSR count). The third-order valence-corrected chi connectivity index (χ3v) is 5.44. The van der Waals surface area contributed by atoms with Crippen LogP contribution in [-0.2, 0) is 7.05 Å². The Balaban J connectivity index is 1.82. The topological polar surface area (TPSA) is 29.9 Å². The summed E-state index contributed by atoms with van der Waals surface area (Å²) >= 11 is 0. The Bertz CT molecular complexity index is 1480. The van der Waals surface area contributed by atoms with Crippen LogP contribution in [-0.4, -0.2) is 4.98 Å². The van der Waals surface area contributed by atoms with E-state index in [1.54, 1.807) is 6.07 Å². The Morgan fingerprint density at radius 3 is 2.52 bits per heavy atom. The van der Waals surface area contributed by atoms with Crippen molar-refractivity contribution in [3.63, 3.8) is 0 Å². The van der Waals surface area contributed by atoms with Crippen molar-refractivity contribution in [1.29, 1.82) is 0 Å². The van der Waals surface area contributed by atoms with E-state index in [2.05, 4.69) is 40.0 Å². The third kappa shape index (κ3) is 2.82. The fourth-order valence-electron chi connectivity index (χ4n) is 4.04. The summed E-state index contributed by atoms with van der Waals surface area (Å²) in [4.78, 5) is 4.52. The summed E-state index contributed by atoms with van der Waals surface area (Å²) in [7, 11) is 2.00. The molecular formula is C26H23N2O+. The maximum Gasteiger partial charge on any atom is 0.227 e. The molecule has 0 saturated heterocycles. The highest BCUT2D eigenvalue weighted by Crippen LogP contribution is 2.38. The van der Waals surface area contributed by atoms with Crippen LogP contribution < -0.4 is 4.57 Å². The summed E-state index contributed by atoms with van der Waals surface area (Å²) in [5, 5.41) is 1.33. The molecule has 0 atom stereocenters. The second-order valence-corrected chi connectivity index (χ2v) is 7.51. The Hall–Kier alpha value is -3.46. The molecule has 3 heteroatoms. The third-order valence-electron chi connectivity index (χ3n) is 5.44. The minimum absolute atomic E-state index is 0.293. The van der Waals surface area contributed by atoms with Gasteiger partial charge >= 0.3 is 0 Å². The number of furan rings is 1. The van der Waals surface area contributed by atoms with Gasteiger partial charge in [-0.3, -0.25) is 0 Å². The van der Waals surface area contributed by atoms with Gasteiger partial charge in [-0.2, -0.15) is 0 Å². The van der Waals surface area contributed by atoms with E-state index in [-0.39, 0.29) is 0 Å². The molecule has 0 bridgehead atoms. The molecule has 3 heterocycles. The number of aryl methyl sites for hydroxylation is 4. The van der Waals surface area contributed by atoms with Crippen molar-refractivity contribution in [3.05, 3.63) is 83.7 Å². The van der Waals surface area contributed by atoms with Gasteiger partial charge in [-0.15, -0.1) is 0 Å². The van der Waals surface area contributed by atoms with Gasteiger partial charge in [0.05, 0.1) is 5.56 Å². The second kappa shape index (κ2) is 6.56. The van der Waals surface area contributed by atoms with Crippen molar-refractivity contribution in [2.24, 2.45) is 7.05 Å². The molecule has 0 spiro atoms. The molecule has 0 N–H and O–H groups in total. The number of rotatable bonds is 2. The zero-order chi connectivity index (χ0) is 22.6. The lowest BCUT2D eigenvalue weighted by atomic mass is 9.96. The SMILES string of the molecule is [2H]C([2H])([2H])c1cc(C)c(-c2ccc(-c3ccccc3)c[n+]2C)c2oc3nc(C)ccc3c12. The van der Waals surface area contributed by atoms with E-state index in [4.69, 9.17) is 8.53 Å². The maximum absolute atomic E-state index is 8.11. The summed E-state index contributed by atoms with van der Waals surface area (Å²) in [5.41, 5.74) is 7.05. The van der Waals surface area contributed by atoms with Crippen LogP contribution >= 0.6 is 0 Å². The molecule has 3 nitrogen and oxygen atoms in total. The van der Waals surface area contributed by atoms with Crippen molar-refractivity contribution in [3.8, 4) is 22.4 Å². The van der Waals surface area contributed by atoms with Crippen LogP contribution in [0.15, 0.2) is 71.3 Å². The first-order chi connectivity index (χ1) is 15.2. The van der Waals surface area contributed by atoms with E-state index in [1.807, 2.05) is 51.2 Å². The van der Waals surface area contributed by atoms with Crippen LogP contribution in [0.4, 0.5) is 0 Å². The predicted molar refractivity (Wildman–Crippen MR) is 118 cm³/mol. The van der Waals surface area contributed by atoms with Crippen LogP contribution in [0.5, 0.6) is 0 Å². The van der Waals surface area contributed by atoms with Crippen LogP contribution in [0.25, 0.3) is 44.5 Å². The van der Waals surface area contributed by atoms with Gasteiger partial charge in [-0.1, -0.05) is 36.4 Å². The quantitative estimate of drug-likeness (QED) is 0.347. The van der Waals surface area contributed by atoms with Crippen molar-refractivity contribution in [1.82, 2.24) is 4.98 Å². The zero-order valence-corrected chi connectivity index (χ0v) is 16.7. The molecule has 2 aromatic carbocycles. The highest BCUT2D eigenvalue weighted by molar-refractivity contribution is 6.10. The van der Waals surface area contributed by atoms with Gasteiger partial charge in [0.25, 0.3) is 0 Å². The van der Waals surface area contributed by atoms with Crippen molar-refractivity contribution < 1.29 is 13.1 Å². The first kappa shape index (κ1) is 14.5. The summed E-state index contributed by atoms with van der Waals surface area (Å²) in [5.74, 6) is 0. The Kier molecular flexibility index (Phi) is 3.28. The Morgan fingerprint density at radius 2 is 1.76 bits per heavy atom. The predicted octanol–water partition coefficient (Wildman–Crippen LogP) is 6.06. The molecule has 142 valence electrons.